The first-order chi connectivity index (χ1) is 9.70. The van der Waals surface area contributed by atoms with Gasteiger partial charge in [0.25, 0.3) is 5.91 Å². The molecule has 106 valence electrons. The average Bonchev–Trinajstić information content (AvgIpc) is 2.48. The van der Waals surface area contributed by atoms with E-state index in [9.17, 15) is 9.59 Å². The van der Waals surface area contributed by atoms with Crippen molar-refractivity contribution in [1.82, 2.24) is 10.2 Å². The summed E-state index contributed by atoms with van der Waals surface area (Å²) in [5.41, 5.74) is 1.56. The summed E-state index contributed by atoms with van der Waals surface area (Å²) < 4.78 is 0. The van der Waals surface area contributed by atoms with Crippen LogP contribution in [0.25, 0.3) is 0 Å². The van der Waals surface area contributed by atoms with Gasteiger partial charge in [-0.1, -0.05) is 18.2 Å². The third kappa shape index (κ3) is 2.24. The monoisotopic (exact) mass is 272 g/mol. The number of hydrogen-bond donors (Lipinski definition) is 1. The number of carbonyl (C=O) groups excluding carboxylic acids is 2. The van der Waals surface area contributed by atoms with Crippen molar-refractivity contribution in [2.75, 3.05) is 7.05 Å². The molecule has 0 unspecified atom stereocenters. The molecule has 20 heavy (non-hydrogen) atoms. The summed E-state index contributed by atoms with van der Waals surface area (Å²) >= 11 is 0. The number of nitrogens with zero attached hydrogens (tertiary/aromatic N) is 1. The molecule has 0 aromatic heterocycles. The van der Waals surface area contributed by atoms with Crippen molar-refractivity contribution in [3.05, 3.63) is 35.4 Å². The first-order valence-electron chi connectivity index (χ1n) is 7.32. The molecule has 0 radical (unpaired) electrons. The van der Waals surface area contributed by atoms with Gasteiger partial charge < -0.3 is 5.32 Å². The van der Waals surface area contributed by atoms with Crippen LogP contribution in [0, 0.1) is 0 Å². The second-order valence-electron chi connectivity index (χ2n) is 5.70. The largest absolute Gasteiger partial charge is 0.317 e. The predicted molar refractivity (Wildman–Crippen MR) is 76.4 cm³/mol. The lowest BCUT2D eigenvalue weighted by molar-refractivity contribution is -0.130. The maximum absolute atomic E-state index is 12.6. The Balaban J connectivity index is 1.81. The normalized spacial score (nSPS) is 26.6. The Labute approximate surface area is 119 Å². The molecule has 0 saturated heterocycles. The summed E-state index contributed by atoms with van der Waals surface area (Å²) in [5, 5.41) is 3.28. The molecule has 1 aliphatic carbocycles. The van der Waals surface area contributed by atoms with Gasteiger partial charge in [-0.05, 0) is 44.4 Å². The quantitative estimate of drug-likeness (QED) is 0.834. The molecule has 4 nitrogen and oxygen atoms in total. The molecule has 3 rings (SSSR count). The Hall–Kier alpha value is -1.68. The highest BCUT2D eigenvalue weighted by atomic mass is 16.2. The van der Waals surface area contributed by atoms with Gasteiger partial charge in [-0.3, -0.25) is 14.5 Å². The smallest absolute Gasteiger partial charge is 0.261 e. The lowest BCUT2D eigenvalue weighted by atomic mass is 9.88. The van der Waals surface area contributed by atoms with Gasteiger partial charge in [0, 0.05) is 17.6 Å². The average molecular weight is 272 g/mol. The van der Waals surface area contributed by atoms with Crippen molar-refractivity contribution < 1.29 is 9.59 Å². The minimum atomic E-state index is -0.107. The van der Waals surface area contributed by atoms with Crippen molar-refractivity contribution in [3.63, 3.8) is 0 Å². The van der Waals surface area contributed by atoms with Gasteiger partial charge in [-0.2, -0.15) is 0 Å². The number of imide groups is 1. The number of fused-ring (bicyclic) bond motifs is 1. The van der Waals surface area contributed by atoms with E-state index in [4.69, 9.17) is 0 Å². The molecule has 1 aliphatic heterocycles. The van der Waals surface area contributed by atoms with Crippen molar-refractivity contribution in [3.8, 4) is 0 Å². The molecule has 1 heterocycles. The van der Waals surface area contributed by atoms with E-state index in [0.717, 1.165) is 31.2 Å². The number of rotatable bonds is 2. The molecule has 2 aliphatic rings. The number of amides is 2. The lowest BCUT2D eigenvalue weighted by Crippen LogP contribution is -2.50. The van der Waals surface area contributed by atoms with Crippen molar-refractivity contribution in [2.24, 2.45) is 0 Å². The summed E-state index contributed by atoms with van der Waals surface area (Å²) in [4.78, 5) is 26.4. The molecule has 1 saturated carbocycles. The van der Waals surface area contributed by atoms with Crippen LogP contribution in [-0.4, -0.2) is 35.8 Å². The molecule has 1 aromatic carbocycles. The van der Waals surface area contributed by atoms with E-state index < -0.39 is 0 Å². The fraction of sp³-hybridized carbons (Fsp3) is 0.500. The maximum Gasteiger partial charge on any atom is 0.261 e. The number of benzene rings is 1. The van der Waals surface area contributed by atoms with Crippen LogP contribution < -0.4 is 5.32 Å². The van der Waals surface area contributed by atoms with Crippen LogP contribution in [0.1, 0.15) is 41.6 Å². The van der Waals surface area contributed by atoms with Gasteiger partial charge >= 0.3 is 0 Å². The molecule has 0 spiro atoms. The van der Waals surface area contributed by atoms with E-state index in [2.05, 4.69) is 5.32 Å². The van der Waals surface area contributed by atoms with E-state index in [-0.39, 0.29) is 17.9 Å². The standard InChI is InChI=1S/C16H20N2O2/c1-17-12-6-8-13(9-7-12)18-15(19)10-11-4-2-3-5-14(11)16(18)20/h2-5,12-13,17H,6-10H2,1H3. The molecule has 1 fully saturated rings. The molecular formula is C16H20N2O2. The first-order valence-corrected chi connectivity index (χ1v) is 7.32. The minimum absolute atomic E-state index is 0.0402. The zero-order chi connectivity index (χ0) is 14.1. The van der Waals surface area contributed by atoms with Crippen LogP contribution in [0.5, 0.6) is 0 Å². The second-order valence-corrected chi connectivity index (χ2v) is 5.70. The Morgan fingerprint density at radius 1 is 1.10 bits per heavy atom. The van der Waals surface area contributed by atoms with Gasteiger partial charge in [0.05, 0.1) is 6.42 Å². The third-order valence-electron chi connectivity index (χ3n) is 4.55. The fourth-order valence-corrected chi connectivity index (χ4v) is 3.37. The third-order valence-corrected chi connectivity index (χ3v) is 4.55. The van der Waals surface area contributed by atoms with Crippen LogP contribution in [-0.2, 0) is 11.2 Å². The Morgan fingerprint density at radius 2 is 1.80 bits per heavy atom. The van der Waals surface area contributed by atoms with Crippen molar-refractivity contribution in [2.45, 2.75) is 44.2 Å². The highest BCUT2D eigenvalue weighted by Gasteiger charge is 2.37. The Bertz CT molecular complexity index is 533. The topological polar surface area (TPSA) is 49.4 Å². The first kappa shape index (κ1) is 13.3. The molecule has 2 amide bonds. The van der Waals surface area contributed by atoms with Gasteiger partial charge in [-0.25, -0.2) is 0 Å². The molecular weight excluding hydrogens is 252 g/mol. The zero-order valence-electron chi connectivity index (χ0n) is 11.8. The van der Waals surface area contributed by atoms with E-state index >= 15 is 0 Å². The SMILES string of the molecule is CNC1CCC(N2C(=O)Cc3ccccc3C2=O)CC1. The minimum Gasteiger partial charge on any atom is -0.317 e. The summed E-state index contributed by atoms with van der Waals surface area (Å²) in [6.07, 6.45) is 4.23. The highest BCUT2D eigenvalue weighted by molar-refractivity contribution is 6.09. The van der Waals surface area contributed by atoms with Crippen LogP contribution >= 0.6 is 0 Å². The summed E-state index contributed by atoms with van der Waals surface area (Å²) in [6, 6.07) is 8.05. The van der Waals surface area contributed by atoms with Crippen LogP contribution in [0.4, 0.5) is 0 Å². The predicted octanol–water partition coefficient (Wildman–Crippen LogP) is 1.74. The summed E-state index contributed by atoms with van der Waals surface area (Å²) in [7, 11) is 1.97. The Morgan fingerprint density at radius 3 is 2.50 bits per heavy atom. The molecule has 0 atom stereocenters. The van der Waals surface area contributed by atoms with Gasteiger partial charge in [0.2, 0.25) is 5.91 Å². The van der Waals surface area contributed by atoms with Crippen molar-refractivity contribution in [1.29, 1.82) is 0 Å². The number of nitrogens with one attached hydrogen (secondary N) is 1. The van der Waals surface area contributed by atoms with Crippen LogP contribution in [0.15, 0.2) is 24.3 Å². The van der Waals surface area contributed by atoms with Gasteiger partial charge in [0.15, 0.2) is 0 Å². The number of hydrogen-bond acceptors (Lipinski definition) is 3. The fourth-order valence-electron chi connectivity index (χ4n) is 3.37. The zero-order valence-corrected chi connectivity index (χ0v) is 11.8. The van der Waals surface area contributed by atoms with E-state index in [1.165, 1.54) is 4.90 Å². The Kier molecular flexibility index (Phi) is 3.57. The second kappa shape index (κ2) is 5.37. The van der Waals surface area contributed by atoms with Crippen molar-refractivity contribution >= 4 is 11.8 Å². The maximum atomic E-state index is 12.6. The molecule has 1 N–H and O–H groups in total. The lowest BCUT2D eigenvalue weighted by Gasteiger charge is -2.37. The van der Waals surface area contributed by atoms with Crippen LogP contribution in [0.3, 0.4) is 0 Å². The van der Waals surface area contributed by atoms with Gasteiger partial charge in [0.1, 0.15) is 0 Å². The van der Waals surface area contributed by atoms with E-state index in [0.29, 0.717) is 18.0 Å². The summed E-state index contributed by atoms with van der Waals surface area (Å²) in [6.45, 7) is 0. The van der Waals surface area contributed by atoms with E-state index in [1.54, 1.807) is 0 Å². The molecule has 0 bridgehead atoms. The molecule has 1 aromatic rings. The number of carbonyl (C=O) groups is 2. The highest BCUT2D eigenvalue weighted by Crippen LogP contribution is 2.28. The van der Waals surface area contributed by atoms with Gasteiger partial charge in [-0.15, -0.1) is 0 Å². The van der Waals surface area contributed by atoms with E-state index in [1.807, 2.05) is 31.3 Å². The molecule has 4 heteroatoms. The van der Waals surface area contributed by atoms with Crippen LogP contribution in [0.2, 0.25) is 0 Å². The summed E-state index contributed by atoms with van der Waals surface area (Å²) in [5.74, 6) is -0.147.